The number of carbonyl (C=O) groups is 2. The summed E-state index contributed by atoms with van der Waals surface area (Å²) in [6.07, 6.45) is 34.1. The Hall–Kier alpha value is -1.25. The molecule has 0 aromatic rings. The van der Waals surface area contributed by atoms with Gasteiger partial charge in [0.05, 0.1) is 27.7 Å². The lowest BCUT2D eigenvalue weighted by molar-refractivity contribution is -0.870. The summed E-state index contributed by atoms with van der Waals surface area (Å²) in [5.41, 5.74) is 0. The number of rotatable bonds is 38. The van der Waals surface area contributed by atoms with Gasteiger partial charge in [-0.3, -0.25) is 18.6 Å². The van der Waals surface area contributed by atoms with Crippen LogP contribution in [-0.2, 0) is 32.7 Å². The average Bonchev–Trinajstić information content (AvgIpc) is 3.07. The highest BCUT2D eigenvalue weighted by molar-refractivity contribution is 7.47. The van der Waals surface area contributed by atoms with Crippen LogP contribution < -0.4 is 0 Å². The summed E-state index contributed by atoms with van der Waals surface area (Å²) in [6.45, 7) is 4.39. The first-order chi connectivity index (χ1) is 24.5. The summed E-state index contributed by atoms with van der Waals surface area (Å²) in [5.74, 6) is -0.800. The number of quaternary nitrogens is 1. The first-order valence-electron chi connectivity index (χ1n) is 20.9. The highest BCUT2D eigenvalue weighted by Gasteiger charge is 2.27. The van der Waals surface area contributed by atoms with Gasteiger partial charge < -0.3 is 18.9 Å². The Kier molecular flexibility index (Phi) is 33.7. The quantitative estimate of drug-likeness (QED) is 0.0219. The van der Waals surface area contributed by atoms with E-state index in [1.54, 1.807) is 0 Å². The fourth-order valence-electron chi connectivity index (χ4n) is 5.71. The van der Waals surface area contributed by atoms with Gasteiger partial charge in [0.2, 0.25) is 0 Å². The van der Waals surface area contributed by atoms with Crippen molar-refractivity contribution < 1.29 is 42.1 Å². The normalized spacial score (nSPS) is 13.8. The third kappa shape index (κ3) is 38.3. The van der Waals surface area contributed by atoms with Crippen LogP contribution in [0.2, 0.25) is 0 Å². The molecule has 0 spiro atoms. The number of unbranched alkanes of at least 4 members (excludes halogenated alkanes) is 22. The van der Waals surface area contributed by atoms with Crippen LogP contribution in [0.25, 0.3) is 0 Å². The largest absolute Gasteiger partial charge is 0.472 e. The van der Waals surface area contributed by atoms with Gasteiger partial charge in [0, 0.05) is 12.8 Å². The molecule has 10 heteroatoms. The van der Waals surface area contributed by atoms with Gasteiger partial charge in [0.15, 0.2) is 6.10 Å². The van der Waals surface area contributed by atoms with Crippen LogP contribution in [0.1, 0.15) is 187 Å². The minimum absolute atomic E-state index is 0.0340. The Morgan fingerprint density at radius 2 is 1.00 bits per heavy atom. The second kappa shape index (κ2) is 34.5. The molecule has 0 fully saturated rings. The average molecular weight is 747 g/mol. The molecule has 0 saturated carbocycles. The van der Waals surface area contributed by atoms with E-state index in [0.29, 0.717) is 23.9 Å². The maximum Gasteiger partial charge on any atom is 0.472 e. The van der Waals surface area contributed by atoms with E-state index in [1.807, 2.05) is 21.1 Å². The Labute approximate surface area is 314 Å². The number of allylic oxidation sites excluding steroid dienone is 2. The second-order valence-corrected chi connectivity index (χ2v) is 16.8. The van der Waals surface area contributed by atoms with Gasteiger partial charge in [0.25, 0.3) is 0 Å². The van der Waals surface area contributed by atoms with Gasteiger partial charge in [-0.1, -0.05) is 148 Å². The number of carbonyl (C=O) groups excluding carboxylic acids is 2. The zero-order valence-corrected chi connectivity index (χ0v) is 34.7. The van der Waals surface area contributed by atoms with Crippen molar-refractivity contribution in [2.24, 2.45) is 0 Å². The lowest BCUT2D eigenvalue weighted by atomic mass is 10.1. The van der Waals surface area contributed by atoms with E-state index < -0.39 is 26.5 Å². The van der Waals surface area contributed by atoms with E-state index in [2.05, 4.69) is 26.0 Å². The molecule has 0 radical (unpaired) electrons. The SMILES string of the molecule is CCCCCCCC/C=C/CCCCCCCCCCCC(=O)O[C@H](COC(=O)CCCCCCCCCC)COP(=O)(O)OCC[N+](C)(C)C. The highest BCUT2D eigenvalue weighted by Crippen LogP contribution is 2.43. The molecule has 0 heterocycles. The Bertz CT molecular complexity index is 891. The Morgan fingerprint density at radius 1 is 0.588 bits per heavy atom. The summed E-state index contributed by atoms with van der Waals surface area (Å²) in [5, 5.41) is 0. The molecule has 0 aliphatic rings. The smallest absolute Gasteiger partial charge is 0.462 e. The summed E-state index contributed by atoms with van der Waals surface area (Å²) >= 11 is 0. The zero-order chi connectivity index (χ0) is 37.9. The topological polar surface area (TPSA) is 108 Å². The maximum absolute atomic E-state index is 12.6. The molecule has 302 valence electrons. The molecule has 0 bridgehead atoms. The summed E-state index contributed by atoms with van der Waals surface area (Å²) in [7, 11) is 1.48. The second-order valence-electron chi connectivity index (χ2n) is 15.4. The van der Waals surface area contributed by atoms with Crippen LogP contribution in [0.15, 0.2) is 12.2 Å². The minimum Gasteiger partial charge on any atom is -0.462 e. The molecule has 0 aliphatic carbocycles. The zero-order valence-electron chi connectivity index (χ0n) is 33.9. The van der Waals surface area contributed by atoms with Crippen molar-refractivity contribution >= 4 is 19.8 Å². The monoisotopic (exact) mass is 747 g/mol. The van der Waals surface area contributed by atoms with Crippen LogP contribution in [0, 0.1) is 0 Å². The van der Waals surface area contributed by atoms with Gasteiger partial charge in [0.1, 0.15) is 19.8 Å². The van der Waals surface area contributed by atoms with Crippen LogP contribution in [-0.4, -0.2) is 74.9 Å². The first-order valence-corrected chi connectivity index (χ1v) is 22.4. The first kappa shape index (κ1) is 49.8. The van der Waals surface area contributed by atoms with E-state index in [1.165, 1.54) is 122 Å². The number of ether oxygens (including phenoxy) is 2. The number of phosphoric acid groups is 1. The standard InChI is InChI=1S/C41H80NO8P/c1-6-8-10-12-14-16-17-18-19-20-21-22-23-24-25-26-28-30-32-34-41(44)50-39(38-49-51(45,46)48-36-35-42(3,4)5)37-47-40(43)33-31-29-27-15-13-11-9-7-2/h18-19,39H,6-17,20-38H2,1-5H3/p+1/b19-18+/t39-/m1/s1. The molecule has 1 N–H and O–H groups in total. The van der Waals surface area contributed by atoms with Crippen molar-refractivity contribution in [2.75, 3.05) is 47.5 Å². The molecule has 0 aromatic heterocycles. The Morgan fingerprint density at radius 3 is 1.45 bits per heavy atom. The molecule has 0 rings (SSSR count). The van der Waals surface area contributed by atoms with Crippen molar-refractivity contribution in [3.05, 3.63) is 12.2 Å². The Balaban J connectivity index is 4.27. The predicted octanol–water partition coefficient (Wildman–Crippen LogP) is 11.4. The van der Waals surface area contributed by atoms with Crippen LogP contribution in [0.3, 0.4) is 0 Å². The van der Waals surface area contributed by atoms with E-state index in [4.69, 9.17) is 18.5 Å². The molecule has 0 amide bonds. The van der Waals surface area contributed by atoms with Crippen LogP contribution in [0.5, 0.6) is 0 Å². The summed E-state index contributed by atoms with van der Waals surface area (Å²) < 4.78 is 34.2. The fraction of sp³-hybridized carbons (Fsp3) is 0.902. The van der Waals surface area contributed by atoms with Crippen molar-refractivity contribution in [3.8, 4) is 0 Å². The molecule has 9 nitrogen and oxygen atoms in total. The van der Waals surface area contributed by atoms with Gasteiger partial charge in [-0.25, -0.2) is 4.57 Å². The molecule has 1 unspecified atom stereocenters. The van der Waals surface area contributed by atoms with E-state index in [-0.39, 0.29) is 25.6 Å². The van der Waals surface area contributed by atoms with Crippen molar-refractivity contribution in [3.63, 3.8) is 0 Å². The van der Waals surface area contributed by atoms with Gasteiger partial charge in [-0.15, -0.1) is 0 Å². The summed E-state index contributed by atoms with van der Waals surface area (Å²) in [6, 6.07) is 0. The molecular weight excluding hydrogens is 665 g/mol. The molecular formula is C41H81NO8P+. The van der Waals surface area contributed by atoms with Gasteiger partial charge in [-0.2, -0.15) is 0 Å². The van der Waals surface area contributed by atoms with E-state index >= 15 is 0 Å². The van der Waals surface area contributed by atoms with E-state index in [0.717, 1.165) is 32.1 Å². The van der Waals surface area contributed by atoms with Crippen LogP contribution >= 0.6 is 7.82 Å². The number of hydrogen-bond donors (Lipinski definition) is 1. The lowest BCUT2D eigenvalue weighted by Crippen LogP contribution is -2.37. The highest BCUT2D eigenvalue weighted by atomic mass is 31.2. The third-order valence-electron chi connectivity index (χ3n) is 9.05. The maximum atomic E-state index is 12.6. The van der Waals surface area contributed by atoms with Gasteiger partial charge in [-0.05, 0) is 38.5 Å². The predicted molar refractivity (Wildman–Crippen MR) is 211 cm³/mol. The fourth-order valence-corrected chi connectivity index (χ4v) is 6.46. The number of esters is 2. The number of nitrogens with zero attached hydrogens (tertiary/aromatic N) is 1. The number of phosphoric ester groups is 1. The minimum atomic E-state index is -4.36. The molecule has 2 atom stereocenters. The lowest BCUT2D eigenvalue weighted by Gasteiger charge is -2.24. The number of likely N-dealkylation sites (N-methyl/N-ethyl adjacent to an activating group) is 1. The third-order valence-corrected chi connectivity index (χ3v) is 10.0. The molecule has 0 aromatic carbocycles. The van der Waals surface area contributed by atoms with Crippen molar-refractivity contribution in [1.82, 2.24) is 0 Å². The van der Waals surface area contributed by atoms with E-state index in [9.17, 15) is 19.0 Å². The van der Waals surface area contributed by atoms with Crippen LogP contribution in [0.4, 0.5) is 0 Å². The number of hydrogen-bond acceptors (Lipinski definition) is 7. The molecule has 51 heavy (non-hydrogen) atoms. The molecule has 0 saturated heterocycles. The molecule has 0 aliphatic heterocycles. The van der Waals surface area contributed by atoms with Crippen molar-refractivity contribution in [1.29, 1.82) is 0 Å². The summed E-state index contributed by atoms with van der Waals surface area (Å²) in [4.78, 5) is 35.1. The van der Waals surface area contributed by atoms with Gasteiger partial charge >= 0.3 is 19.8 Å². The van der Waals surface area contributed by atoms with Crippen molar-refractivity contribution in [2.45, 2.75) is 193 Å².